The second kappa shape index (κ2) is 12.2. The molecule has 9 atom stereocenters. The summed E-state index contributed by atoms with van der Waals surface area (Å²) in [6, 6.07) is 1.20. The molecule has 0 radical (unpaired) electrons. The highest BCUT2D eigenvalue weighted by Gasteiger charge is 2.46. The molecule has 2 rings (SSSR count). The van der Waals surface area contributed by atoms with E-state index in [2.05, 4.69) is 18.3 Å². The molecule has 1 saturated heterocycles. The smallest absolute Gasteiger partial charge is 0.388 e. The Labute approximate surface area is 201 Å². The van der Waals surface area contributed by atoms with E-state index in [0.29, 0.717) is 0 Å². The number of hydrogen-bond donors (Lipinski definition) is 9. The Morgan fingerprint density at radius 3 is 2.36 bits per heavy atom. The van der Waals surface area contributed by atoms with Crippen LogP contribution in [0.25, 0.3) is 0 Å². The summed E-state index contributed by atoms with van der Waals surface area (Å²) in [5, 5.41) is 57.4. The first-order chi connectivity index (χ1) is 16.6. The number of hydrogen-bond acceptors (Lipinski definition) is 16. The third-order valence-corrected chi connectivity index (χ3v) is 7.28. The number of nitrogens with zero attached hydrogens (tertiary/aromatic N) is 2. The Morgan fingerprint density at radius 1 is 1.17 bits per heavy atom. The van der Waals surface area contributed by atoms with E-state index < -0.39 is 89.8 Å². The zero-order chi connectivity index (χ0) is 27.4. The number of anilines is 1. The van der Waals surface area contributed by atoms with Gasteiger partial charge in [-0.2, -0.15) is 9.29 Å². The number of aliphatic hydroxyl groups excluding tert-OH is 6. The van der Waals surface area contributed by atoms with Crippen LogP contribution in [0.2, 0.25) is 0 Å². The number of Topliss-reactive ketones (excluding diaryl/α,β-unsaturated/α-hetero) is 1. The van der Waals surface area contributed by atoms with E-state index in [1.54, 1.807) is 0 Å². The van der Waals surface area contributed by atoms with Crippen molar-refractivity contribution >= 4 is 27.2 Å². The Morgan fingerprint density at radius 2 is 1.78 bits per heavy atom. The van der Waals surface area contributed by atoms with E-state index in [1.165, 1.54) is 6.07 Å². The van der Waals surface area contributed by atoms with Crippen molar-refractivity contribution in [2.75, 3.05) is 25.6 Å². The van der Waals surface area contributed by atoms with Crippen molar-refractivity contribution in [3.63, 3.8) is 0 Å². The normalized spacial score (nSPS) is 28.1. The maximum atomic E-state index is 12.0. The van der Waals surface area contributed by atoms with E-state index in [4.69, 9.17) is 15.6 Å². The van der Waals surface area contributed by atoms with E-state index in [9.17, 15) is 54.0 Å². The number of ether oxygens (including phenoxy) is 1. The van der Waals surface area contributed by atoms with E-state index >= 15 is 0 Å². The molecule has 0 amide bonds. The Balaban J connectivity index is 1.93. The number of aliphatic hydroxyl groups is 6. The number of nitrogen functional groups attached to an aromatic ring is 1. The predicted octanol–water partition coefficient (Wildman–Crippen LogP) is -4.66. The fourth-order valence-electron chi connectivity index (χ4n) is 2.82. The molecular weight excluding hydrogens is 540 g/mol. The van der Waals surface area contributed by atoms with Gasteiger partial charge in [-0.1, -0.05) is 0 Å². The zero-order valence-corrected chi connectivity index (χ0v) is 19.8. The molecule has 0 aromatic carbocycles. The van der Waals surface area contributed by atoms with E-state index in [0.717, 1.165) is 10.8 Å². The number of aromatic nitrogens is 2. The minimum Gasteiger partial charge on any atom is -0.388 e. The average Bonchev–Trinajstić information content (AvgIpc) is 3.07. The molecule has 10 N–H and O–H groups in total. The highest BCUT2D eigenvalue weighted by molar-refractivity contribution is 7.61. The largest absolute Gasteiger partial charge is 0.481 e. The van der Waals surface area contributed by atoms with Crippen LogP contribution < -0.4 is 11.4 Å². The lowest BCUT2D eigenvalue weighted by Gasteiger charge is -2.23. The van der Waals surface area contributed by atoms with Gasteiger partial charge >= 0.3 is 21.3 Å². The second-order valence-electron chi connectivity index (χ2n) is 7.33. The third kappa shape index (κ3) is 7.91. The Hall–Kier alpha value is -1.67. The van der Waals surface area contributed by atoms with Gasteiger partial charge in [-0.25, -0.2) is 13.9 Å². The second-order valence-corrected chi connectivity index (χ2v) is 10.4. The number of carbonyl (C=O) groups is 1. The van der Waals surface area contributed by atoms with Crippen LogP contribution in [-0.4, -0.2) is 112 Å². The van der Waals surface area contributed by atoms with Gasteiger partial charge in [0.05, 0.1) is 13.2 Å². The van der Waals surface area contributed by atoms with Crippen LogP contribution in [0.5, 0.6) is 0 Å². The van der Waals surface area contributed by atoms with Crippen LogP contribution >= 0.6 is 15.6 Å². The molecule has 0 aliphatic carbocycles. The SMILES string of the molecule is Nc1ccn([C@@H]2O[C@H](COP(=O)(O)OP(=O)(O)OC[C@@H](O)[C@@H](O)[C@H](O)C(=O)CO)[C@@H](O)[C@H]2O)c(=O)n1. The van der Waals surface area contributed by atoms with Crippen LogP contribution in [0.15, 0.2) is 17.1 Å². The number of carbonyl (C=O) groups excluding carboxylic acids is 1. The van der Waals surface area contributed by atoms with Gasteiger partial charge < -0.3 is 50.9 Å². The summed E-state index contributed by atoms with van der Waals surface area (Å²) in [5.74, 6) is -1.41. The summed E-state index contributed by atoms with van der Waals surface area (Å²) in [6.07, 6.45) is -12.1. The lowest BCUT2D eigenvalue weighted by molar-refractivity contribution is -0.142. The Bertz CT molecular complexity index is 1070. The molecular formula is C15H25N3O16P2. The average molecular weight is 565 g/mol. The van der Waals surface area contributed by atoms with Crippen molar-refractivity contribution in [2.45, 2.75) is 42.9 Å². The predicted molar refractivity (Wildman–Crippen MR) is 112 cm³/mol. The standard InChI is InChI=1S/C15H25N3O16P2/c16-9-1-2-18(15(26)17-9)14-13(25)12(24)8(33-14)5-32-36(29,30)34-35(27,28)31-4-7(21)11(23)10(22)6(20)3-19/h1-2,7-8,10-14,19,21-25H,3-5H2,(H,27,28)(H,29,30)(H2,16,17,26)/t7-,8-,10-,11-,12-,13-,14-/m1/s1. The zero-order valence-electron chi connectivity index (χ0n) is 18.0. The Kier molecular flexibility index (Phi) is 10.4. The summed E-state index contributed by atoms with van der Waals surface area (Å²) >= 11 is 0. The lowest BCUT2D eigenvalue weighted by atomic mass is 10.1. The number of phosphoric acid groups is 2. The van der Waals surface area contributed by atoms with Gasteiger partial charge in [-0.05, 0) is 6.07 Å². The maximum absolute atomic E-state index is 12.0. The van der Waals surface area contributed by atoms with Crippen molar-refractivity contribution in [2.24, 2.45) is 0 Å². The molecule has 0 bridgehead atoms. The molecule has 1 aromatic heterocycles. The number of rotatable bonds is 13. The first-order valence-electron chi connectivity index (χ1n) is 9.78. The molecule has 1 aliphatic heterocycles. The maximum Gasteiger partial charge on any atom is 0.481 e. The van der Waals surface area contributed by atoms with Crippen molar-refractivity contribution in [1.82, 2.24) is 9.55 Å². The van der Waals surface area contributed by atoms with Crippen LogP contribution in [0.1, 0.15) is 6.23 Å². The van der Waals surface area contributed by atoms with Gasteiger partial charge in [-0.3, -0.25) is 18.4 Å². The van der Waals surface area contributed by atoms with Crippen LogP contribution in [0.3, 0.4) is 0 Å². The summed E-state index contributed by atoms with van der Waals surface area (Å²) in [5.41, 5.74) is 4.42. The number of ketones is 1. The van der Waals surface area contributed by atoms with Crippen LogP contribution in [-0.2, 0) is 32.0 Å². The topological polar surface area (TPSA) is 311 Å². The molecule has 0 saturated carbocycles. The van der Waals surface area contributed by atoms with Crippen molar-refractivity contribution in [3.8, 4) is 0 Å². The monoisotopic (exact) mass is 565 g/mol. The molecule has 2 unspecified atom stereocenters. The van der Waals surface area contributed by atoms with Crippen molar-refractivity contribution in [3.05, 3.63) is 22.7 Å². The molecule has 2 heterocycles. The fraction of sp³-hybridized carbons (Fsp3) is 0.667. The van der Waals surface area contributed by atoms with Gasteiger partial charge in [0.25, 0.3) is 0 Å². The third-order valence-electron chi connectivity index (χ3n) is 4.68. The lowest BCUT2D eigenvalue weighted by Crippen LogP contribution is -2.45. The highest BCUT2D eigenvalue weighted by atomic mass is 31.3. The molecule has 19 nitrogen and oxygen atoms in total. The number of nitrogens with two attached hydrogens (primary N) is 1. The summed E-state index contributed by atoms with van der Waals surface area (Å²) in [4.78, 5) is 45.7. The van der Waals surface area contributed by atoms with Gasteiger partial charge in [0.15, 0.2) is 12.0 Å². The van der Waals surface area contributed by atoms with E-state index in [-0.39, 0.29) is 5.82 Å². The first kappa shape index (κ1) is 30.6. The molecule has 1 aliphatic rings. The van der Waals surface area contributed by atoms with Crippen molar-refractivity contribution < 1.29 is 72.4 Å². The molecule has 1 aromatic rings. The minimum atomic E-state index is -5.47. The minimum absolute atomic E-state index is 0.130. The van der Waals surface area contributed by atoms with E-state index in [1.807, 2.05) is 0 Å². The highest BCUT2D eigenvalue weighted by Crippen LogP contribution is 2.60. The van der Waals surface area contributed by atoms with Gasteiger partial charge in [0.2, 0.25) is 0 Å². The van der Waals surface area contributed by atoms with Gasteiger partial charge in [0.1, 0.15) is 49.0 Å². The number of phosphoric ester groups is 2. The summed E-state index contributed by atoms with van der Waals surface area (Å²) in [7, 11) is -10.9. The van der Waals surface area contributed by atoms with Crippen LogP contribution in [0, 0.1) is 0 Å². The summed E-state index contributed by atoms with van der Waals surface area (Å²) in [6.45, 7) is -3.47. The molecule has 36 heavy (non-hydrogen) atoms. The fourth-order valence-corrected chi connectivity index (χ4v) is 4.92. The first-order valence-corrected chi connectivity index (χ1v) is 12.8. The van der Waals surface area contributed by atoms with Crippen LogP contribution in [0.4, 0.5) is 5.82 Å². The van der Waals surface area contributed by atoms with Crippen molar-refractivity contribution in [1.29, 1.82) is 0 Å². The quantitative estimate of drug-likeness (QED) is 0.101. The van der Waals surface area contributed by atoms with Gasteiger partial charge in [0, 0.05) is 6.20 Å². The molecule has 1 fully saturated rings. The molecule has 21 heteroatoms. The van der Waals surface area contributed by atoms with Gasteiger partial charge in [-0.15, -0.1) is 0 Å². The summed E-state index contributed by atoms with van der Waals surface area (Å²) < 4.78 is 42.6. The molecule has 0 spiro atoms. The molecule has 206 valence electrons.